The first-order valence-corrected chi connectivity index (χ1v) is 10.5. The second-order valence-electron chi connectivity index (χ2n) is 7.77. The van der Waals surface area contributed by atoms with Gasteiger partial charge in [-0.05, 0) is 68.0 Å². The predicted octanol–water partition coefficient (Wildman–Crippen LogP) is 4.30. The van der Waals surface area contributed by atoms with E-state index in [1.54, 1.807) is 0 Å². The average molecular weight is 395 g/mol. The smallest absolute Gasteiger partial charge is 0.303 e. The quantitative estimate of drug-likeness (QED) is 0.665. The monoisotopic (exact) mass is 394 g/mol. The highest BCUT2D eigenvalue weighted by atomic mass is 16.4. The SMILES string of the molecule is O=C(O)CCCc1ccc(NC(=O)CCN2CCC(c3ccccc3)CC2)cc1. The van der Waals surface area contributed by atoms with Crippen LogP contribution in [-0.2, 0) is 16.0 Å². The predicted molar refractivity (Wildman–Crippen MR) is 115 cm³/mol. The summed E-state index contributed by atoms with van der Waals surface area (Å²) in [6, 6.07) is 18.4. The lowest BCUT2D eigenvalue weighted by Crippen LogP contribution is -2.35. The minimum absolute atomic E-state index is 0.0359. The molecule has 5 nitrogen and oxygen atoms in total. The van der Waals surface area contributed by atoms with Crippen molar-refractivity contribution in [2.45, 2.75) is 44.4 Å². The summed E-state index contributed by atoms with van der Waals surface area (Å²) < 4.78 is 0. The van der Waals surface area contributed by atoms with E-state index in [1.165, 1.54) is 5.56 Å². The van der Waals surface area contributed by atoms with E-state index in [0.717, 1.165) is 50.1 Å². The van der Waals surface area contributed by atoms with Gasteiger partial charge in [0.15, 0.2) is 0 Å². The molecule has 0 saturated carbocycles. The number of carbonyl (C=O) groups excluding carboxylic acids is 1. The number of rotatable bonds is 9. The summed E-state index contributed by atoms with van der Waals surface area (Å²) in [4.78, 5) is 25.2. The lowest BCUT2D eigenvalue weighted by atomic mass is 9.89. The van der Waals surface area contributed by atoms with E-state index < -0.39 is 5.97 Å². The Kier molecular flexibility index (Phi) is 7.82. The summed E-state index contributed by atoms with van der Waals surface area (Å²) >= 11 is 0. The van der Waals surface area contributed by atoms with Crippen LogP contribution < -0.4 is 5.32 Å². The lowest BCUT2D eigenvalue weighted by molar-refractivity contribution is -0.137. The van der Waals surface area contributed by atoms with Gasteiger partial charge in [-0.15, -0.1) is 0 Å². The number of hydrogen-bond acceptors (Lipinski definition) is 3. The average Bonchev–Trinajstić information content (AvgIpc) is 2.74. The van der Waals surface area contributed by atoms with Crippen molar-refractivity contribution in [2.24, 2.45) is 0 Å². The number of aryl methyl sites for hydroxylation is 1. The molecule has 29 heavy (non-hydrogen) atoms. The van der Waals surface area contributed by atoms with Gasteiger partial charge in [-0.25, -0.2) is 0 Å². The molecule has 1 aliphatic rings. The third-order valence-electron chi connectivity index (χ3n) is 5.61. The van der Waals surface area contributed by atoms with Gasteiger partial charge in [-0.3, -0.25) is 9.59 Å². The number of anilines is 1. The fourth-order valence-corrected chi connectivity index (χ4v) is 3.90. The first-order valence-electron chi connectivity index (χ1n) is 10.5. The number of carbonyl (C=O) groups is 2. The Morgan fingerprint density at radius 3 is 2.31 bits per heavy atom. The minimum Gasteiger partial charge on any atom is -0.481 e. The summed E-state index contributed by atoms with van der Waals surface area (Å²) in [6.07, 6.45) is 4.34. The Labute approximate surface area is 172 Å². The molecule has 1 saturated heterocycles. The lowest BCUT2D eigenvalue weighted by Gasteiger charge is -2.32. The molecule has 0 unspecified atom stereocenters. The Balaban J connectivity index is 1.35. The van der Waals surface area contributed by atoms with E-state index in [9.17, 15) is 9.59 Å². The van der Waals surface area contributed by atoms with Crippen LogP contribution in [0.2, 0.25) is 0 Å². The number of carboxylic acids is 1. The minimum atomic E-state index is -0.766. The van der Waals surface area contributed by atoms with Gasteiger partial charge in [0.1, 0.15) is 0 Å². The molecular formula is C24H30N2O3. The molecule has 1 aliphatic heterocycles. The van der Waals surface area contributed by atoms with Crippen molar-refractivity contribution < 1.29 is 14.7 Å². The van der Waals surface area contributed by atoms with Gasteiger partial charge >= 0.3 is 5.97 Å². The number of piperidine rings is 1. The van der Waals surface area contributed by atoms with Gasteiger partial charge in [-0.2, -0.15) is 0 Å². The standard InChI is InChI=1S/C24H30N2O3/c27-23(25-22-11-9-19(10-12-22)5-4-8-24(28)29)15-18-26-16-13-21(14-17-26)20-6-2-1-3-7-20/h1-3,6-7,9-12,21H,4-5,8,13-18H2,(H,25,27)(H,28,29). The fraction of sp³-hybridized carbons (Fsp3) is 0.417. The van der Waals surface area contributed by atoms with Crippen LogP contribution in [0.15, 0.2) is 54.6 Å². The van der Waals surface area contributed by atoms with Crippen LogP contribution >= 0.6 is 0 Å². The third-order valence-corrected chi connectivity index (χ3v) is 5.61. The zero-order valence-corrected chi connectivity index (χ0v) is 16.8. The first kappa shape index (κ1) is 21.1. The topological polar surface area (TPSA) is 69.6 Å². The molecule has 0 bridgehead atoms. The Morgan fingerprint density at radius 1 is 0.966 bits per heavy atom. The van der Waals surface area contributed by atoms with Crippen LogP contribution in [0.1, 0.15) is 49.1 Å². The van der Waals surface area contributed by atoms with E-state index in [1.807, 2.05) is 24.3 Å². The molecule has 0 aromatic heterocycles. The van der Waals surface area contributed by atoms with Gasteiger partial charge in [-0.1, -0.05) is 42.5 Å². The van der Waals surface area contributed by atoms with Crippen molar-refractivity contribution in [3.63, 3.8) is 0 Å². The highest BCUT2D eigenvalue weighted by Crippen LogP contribution is 2.27. The molecule has 1 fully saturated rings. The molecule has 0 atom stereocenters. The van der Waals surface area contributed by atoms with Crippen molar-refractivity contribution in [2.75, 3.05) is 25.0 Å². The number of nitrogens with one attached hydrogen (secondary N) is 1. The molecule has 2 aromatic carbocycles. The van der Waals surface area contributed by atoms with E-state index in [-0.39, 0.29) is 12.3 Å². The molecule has 0 radical (unpaired) electrons. The molecule has 2 aromatic rings. The van der Waals surface area contributed by atoms with Gasteiger partial charge in [0, 0.05) is 25.1 Å². The van der Waals surface area contributed by atoms with Crippen LogP contribution in [-0.4, -0.2) is 41.5 Å². The normalized spacial score (nSPS) is 15.2. The highest BCUT2D eigenvalue weighted by molar-refractivity contribution is 5.90. The summed E-state index contributed by atoms with van der Waals surface area (Å²) in [5, 5.41) is 11.7. The number of hydrogen-bond donors (Lipinski definition) is 2. The van der Waals surface area contributed by atoms with E-state index >= 15 is 0 Å². The van der Waals surface area contributed by atoms with Crippen molar-refractivity contribution in [3.05, 3.63) is 65.7 Å². The molecule has 0 spiro atoms. The number of benzene rings is 2. The molecule has 154 valence electrons. The van der Waals surface area contributed by atoms with Crippen molar-refractivity contribution in [1.82, 2.24) is 4.90 Å². The van der Waals surface area contributed by atoms with Gasteiger partial charge < -0.3 is 15.3 Å². The van der Waals surface area contributed by atoms with Gasteiger partial charge in [0.25, 0.3) is 0 Å². The van der Waals surface area contributed by atoms with Crippen LogP contribution in [0.3, 0.4) is 0 Å². The molecule has 1 amide bonds. The molecule has 2 N–H and O–H groups in total. The van der Waals surface area contributed by atoms with Crippen LogP contribution in [0, 0.1) is 0 Å². The Hall–Kier alpha value is -2.66. The van der Waals surface area contributed by atoms with Crippen LogP contribution in [0.5, 0.6) is 0 Å². The molecule has 1 heterocycles. The fourth-order valence-electron chi connectivity index (χ4n) is 3.90. The second kappa shape index (κ2) is 10.8. The summed E-state index contributed by atoms with van der Waals surface area (Å²) in [5.74, 6) is -0.0951. The van der Waals surface area contributed by atoms with E-state index in [0.29, 0.717) is 18.8 Å². The maximum atomic E-state index is 12.3. The van der Waals surface area contributed by atoms with Crippen molar-refractivity contribution in [3.8, 4) is 0 Å². The molecule has 0 aliphatic carbocycles. The molecule has 5 heteroatoms. The van der Waals surface area contributed by atoms with Crippen molar-refractivity contribution in [1.29, 1.82) is 0 Å². The number of amides is 1. The number of aliphatic carboxylic acids is 1. The zero-order valence-electron chi connectivity index (χ0n) is 16.8. The highest BCUT2D eigenvalue weighted by Gasteiger charge is 2.20. The van der Waals surface area contributed by atoms with E-state index in [2.05, 4.69) is 40.5 Å². The summed E-state index contributed by atoms with van der Waals surface area (Å²) in [6.45, 7) is 2.87. The number of nitrogens with zero attached hydrogens (tertiary/aromatic N) is 1. The third kappa shape index (κ3) is 7.02. The zero-order chi connectivity index (χ0) is 20.5. The number of carboxylic acid groups (broad SMARTS) is 1. The van der Waals surface area contributed by atoms with Crippen LogP contribution in [0.4, 0.5) is 5.69 Å². The van der Waals surface area contributed by atoms with Crippen LogP contribution in [0.25, 0.3) is 0 Å². The second-order valence-corrected chi connectivity index (χ2v) is 7.77. The van der Waals surface area contributed by atoms with E-state index in [4.69, 9.17) is 5.11 Å². The Morgan fingerprint density at radius 2 is 1.66 bits per heavy atom. The first-order chi connectivity index (χ1) is 14.1. The number of likely N-dealkylation sites (tertiary alicyclic amines) is 1. The van der Waals surface area contributed by atoms with Gasteiger partial charge in [0.05, 0.1) is 0 Å². The summed E-state index contributed by atoms with van der Waals surface area (Å²) in [7, 11) is 0. The largest absolute Gasteiger partial charge is 0.481 e. The Bertz CT molecular complexity index is 782. The maximum absolute atomic E-state index is 12.3. The molecule has 3 rings (SSSR count). The summed E-state index contributed by atoms with van der Waals surface area (Å²) in [5.41, 5.74) is 3.31. The van der Waals surface area contributed by atoms with Crippen molar-refractivity contribution >= 4 is 17.6 Å². The van der Waals surface area contributed by atoms with Gasteiger partial charge in [0.2, 0.25) is 5.91 Å². The maximum Gasteiger partial charge on any atom is 0.303 e. The molecular weight excluding hydrogens is 364 g/mol.